The van der Waals surface area contributed by atoms with Crippen LogP contribution in [0.25, 0.3) is 0 Å². The fourth-order valence-corrected chi connectivity index (χ4v) is 4.90. The second-order valence-electron chi connectivity index (χ2n) is 6.82. The SMILES string of the molecule is O=C(Nc1cccc(C(F)(F)F)c1)C1CCN(S(=O)(=O)c2ccc(F)c(Cl)c2)CC1. The molecule has 0 aromatic heterocycles. The van der Waals surface area contributed by atoms with Gasteiger partial charge >= 0.3 is 6.18 Å². The molecule has 1 heterocycles. The van der Waals surface area contributed by atoms with Crippen molar-refractivity contribution in [2.24, 2.45) is 5.92 Å². The maximum absolute atomic E-state index is 13.3. The van der Waals surface area contributed by atoms with Crippen molar-refractivity contribution in [3.63, 3.8) is 0 Å². The van der Waals surface area contributed by atoms with Crippen LogP contribution in [-0.2, 0) is 21.0 Å². The molecule has 2 aromatic carbocycles. The number of halogens is 5. The van der Waals surface area contributed by atoms with Gasteiger partial charge in [-0.05, 0) is 49.2 Å². The number of amides is 1. The zero-order valence-corrected chi connectivity index (χ0v) is 17.0. The number of benzene rings is 2. The summed E-state index contributed by atoms with van der Waals surface area (Å²) in [6, 6.07) is 7.40. The van der Waals surface area contributed by atoms with E-state index >= 15 is 0 Å². The summed E-state index contributed by atoms with van der Waals surface area (Å²) in [5.74, 6) is -1.76. The first-order valence-electron chi connectivity index (χ1n) is 8.92. The number of anilines is 1. The molecule has 0 radical (unpaired) electrons. The summed E-state index contributed by atoms with van der Waals surface area (Å²) in [5.41, 5.74) is -0.856. The fourth-order valence-electron chi connectivity index (χ4n) is 3.16. The van der Waals surface area contributed by atoms with Crippen LogP contribution in [0.1, 0.15) is 18.4 Å². The normalized spacial score (nSPS) is 16.4. The summed E-state index contributed by atoms with van der Waals surface area (Å²) >= 11 is 5.66. The van der Waals surface area contributed by atoms with Crippen LogP contribution < -0.4 is 5.32 Å². The van der Waals surface area contributed by atoms with Crippen LogP contribution in [0, 0.1) is 11.7 Å². The first-order valence-corrected chi connectivity index (χ1v) is 10.7. The summed E-state index contributed by atoms with van der Waals surface area (Å²) in [6.07, 6.45) is -4.14. The summed E-state index contributed by atoms with van der Waals surface area (Å²) in [6.45, 7) is 0.0794. The van der Waals surface area contributed by atoms with E-state index in [4.69, 9.17) is 11.6 Å². The second-order valence-corrected chi connectivity index (χ2v) is 9.17. The van der Waals surface area contributed by atoms with Crippen molar-refractivity contribution in [1.82, 2.24) is 4.31 Å². The molecule has 11 heteroatoms. The van der Waals surface area contributed by atoms with E-state index in [2.05, 4.69) is 5.32 Å². The number of carbonyl (C=O) groups excluding carboxylic acids is 1. The lowest BCUT2D eigenvalue weighted by atomic mass is 9.97. The van der Waals surface area contributed by atoms with E-state index < -0.39 is 39.4 Å². The van der Waals surface area contributed by atoms with Gasteiger partial charge in [0.25, 0.3) is 0 Å². The molecule has 5 nitrogen and oxygen atoms in total. The summed E-state index contributed by atoms with van der Waals surface area (Å²) in [4.78, 5) is 12.3. The zero-order chi connectivity index (χ0) is 22.1. The number of alkyl halides is 3. The molecule has 0 bridgehead atoms. The second kappa shape index (κ2) is 8.52. The molecule has 1 saturated heterocycles. The van der Waals surface area contributed by atoms with Gasteiger partial charge in [0.2, 0.25) is 15.9 Å². The van der Waals surface area contributed by atoms with Gasteiger partial charge in [0.05, 0.1) is 15.5 Å². The minimum Gasteiger partial charge on any atom is -0.326 e. The Hall–Kier alpha value is -2.17. The Labute approximate surface area is 175 Å². The van der Waals surface area contributed by atoms with Crippen molar-refractivity contribution in [1.29, 1.82) is 0 Å². The van der Waals surface area contributed by atoms with Gasteiger partial charge in [-0.25, -0.2) is 12.8 Å². The molecule has 1 amide bonds. The van der Waals surface area contributed by atoms with Crippen LogP contribution in [0.2, 0.25) is 5.02 Å². The number of carbonyl (C=O) groups is 1. The van der Waals surface area contributed by atoms with Crippen molar-refractivity contribution in [3.05, 3.63) is 58.9 Å². The Morgan fingerprint density at radius 2 is 1.77 bits per heavy atom. The van der Waals surface area contributed by atoms with Gasteiger partial charge in [0.1, 0.15) is 5.82 Å². The summed E-state index contributed by atoms with van der Waals surface area (Å²) in [5, 5.41) is 2.14. The number of sulfonamides is 1. The maximum Gasteiger partial charge on any atom is 0.416 e. The molecule has 162 valence electrons. The van der Waals surface area contributed by atoms with Crippen molar-refractivity contribution < 1.29 is 30.8 Å². The van der Waals surface area contributed by atoms with Gasteiger partial charge in [-0.2, -0.15) is 17.5 Å². The average Bonchev–Trinajstić information content (AvgIpc) is 2.69. The minimum absolute atomic E-state index is 0.0193. The van der Waals surface area contributed by atoms with E-state index in [0.717, 1.165) is 30.3 Å². The fraction of sp³-hybridized carbons (Fsp3) is 0.316. The van der Waals surface area contributed by atoms with Crippen LogP contribution in [-0.4, -0.2) is 31.7 Å². The Bertz CT molecular complexity index is 1050. The Morgan fingerprint density at radius 3 is 2.37 bits per heavy atom. The molecule has 2 aromatic rings. The van der Waals surface area contributed by atoms with Crippen LogP contribution >= 0.6 is 11.6 Å². The van der Waals surface area contributed by atoms with Crippen LogP contribution in [0.15, 0.2) is 47.4 Å². The quantitative estimate of drug-likeness (QED) is 0.676. The molecule has 0 unspecified atom stereocenters. The smallest absolute Gasteiger partial charge is 0.326 e. The molecule has 3 rings (SSSR count). The van der Waals surface area contributed by atoms with E-state index in [-0.39, 0.29) is 41.5 Å². The highest BCUT2D eigenvalue weighted by atomic mass is 35.5. The van der Waals surface area contributed by atoms with Crippen molar-refractivity contribution in [2.75, 3.05) is 18.4 Å². The molecule has 30 heavy (non-hydrogen) atoms. The van der Waals surface area contributed by atoms with Gasteiger partial charge < -0.3 is 5.32 Å². The van der Waals surface area contributed by atoms with E-state index in [1.807, 2.05) is 0 Å². The van der Waals surface area contributed by atoms with Gasteiger partial charge in [0.15, 0.2) is 0 Å². The van der Waals surface area contributed by atoms with Crippen molar-refractivity contribution >= 4 is 33.2 Å². The van der Waals surface area contributed by atoms with Gasteiger partial charge in [-0.15, -0.1) is 0 Å². The van der Waals surface area contributed by atoms with E-state index in [1.165, 1.54) is 16.4 Å². The predicted molar refractivity (Wildman–Crippen MR) is 103 cm³/mol. The molecule has 1 aliphatic rings. The maximum atomic E-state index is 13.3. The molecule has 1 N–H and O–H groups in total. The third-order valence-corrected chi connectivity index (χ3v) is 7.00. The number of piperidine rings is 1. The van der Waals surface area contributed by atoms with Crippen molar-refractivity contribution in [3.8, 4) is 0 Å². The van der Waals surface area contributed by atoms with Crippen LogP contribution in [0.5, 0.6) is 0 Å². The highest BCUT2D eigenvalue weighted by molar-refractivity contribution is 7.89. The number of nitrogens with one attached hydrogen (secondary N) is 1. The monoisotopic (exact) mass is 464 g/mol. The molecule has 0 saturated carbocycles. The minimum atomic E-state index is -4.52. The number of nitrogens with zero attached hydrogens (tertiary/aromatic N) is 1. The van der Waals surface area contributed by atoms with E-state index in [9.17, 15) is 30.8 Å². The lowest BCUT2D eigenvalue weighted by Gasteiger charge is -2.30. The lowest BCUT2D eigenvalue weighted by Crippen LogP contribution is -2.41. The zero-order valence-electron chi connectivity index (χ0n) is 15.4. The molecular formula is C19H17ClF4N2O3S. The van der Waals surface area contributed by atoms with Crippen LogP contribution in [0.3, 0.4) is 0 Å². The summed E-state index contributed by atoms with van der Waals surface area (Å²) in [7, 11) is -3.91. The summed E-state index contributed by atoms with van der Waals surface area (Å²) < 4.78 is 78.2. The molecule has 1 fully saturated rings. The predicted octanol–water partition coefficient (Wildman–Crippen LogP) is 4.54. The average molecular weight is 465 g/mol. The van der Waals surface area contributed by atoms with Gasteiger partial charge in [0, 0.05) is 24.7 Å². The Morgan fingerprint density at radius 1 is 1.10 bits per heavy atom. The highest BCUT2D eigenvalue weighted by Crippen LogP contribution is 2.31. The Balaban J connectivity index is 1.64. The molecule has 0 spiro atoms. The third kappa shape index (κ3) is 4.93. The molecule has 0 atom stereocenters. The van der Waals surface area contributed by atoms with Gasteiger partial charge in [-0.3, -0.25) is 4.79 Å². The third-order valence-electron chi connectivity index (χ3n) is 4.81. The highest BCUT2D eigenvalue weighted by Gasteiger charge is 2.33. The van der Waals surface area contributed by atoms with Gasteiger partial charge in [-0.1, -0.05) is 17.7 Å². The first kappa shape index (κ1) is 22.5. The topological polar surface area (TPSA) is 66.5 Å². The molecule has 0 aliphatic carbocycles. The van der Waals surface area contributed by atoms with E-state index in [1.54, 1.807) is 0 Å². The Kier molecular flexibility index (Phi) is 6.40. The number of hydrogen-bond donors (Lipinski definition) is 1. The molecule has 1 aliphatic heterocycles. The number of rotatable bonds is 4. The van der Waals surface area contributed by atoms with Crippen LogP contribution in [0.4, 0.5) is 23.2 Å². The first-order chi connectivity index (χ1) is 14.0. The largest absolute Gasteiger partial charge is 0.416 e. The molecular weight excluding hydrogens is 448 g/mol. The standard InChI is InChI=1S/C19H17ClF4N2O3S/c20-16-11-15(4-5-17(16)21)30(28,29)26-8-6-12(7-9-26)18(27)25-14-3-1-2-13(10-14)19(22,23)24/h1-5,10-12H,6-9H2,(H,25,27). The van der Waals surface area contributed by atoms with Crippen molar-refractivity contribution in [2.45, 2.75) is 23.9 Å². The number of hydrogen-bond acceptors (Lipinski definition) is 3. The van der Waals surface area contributed by atoms with E-state index in [0.29, 0.717) is 0 Å². The lowest BCUT2D eigenvalue weighted by molar-refractivity contribution is -0.137.